The van der Waals surface area contributed by atoms with Gasteiger partial charge in [0.15, 0.2) is 5.82 Å². The second-order valence-electron chi connectivity index (χ2n) is 5.60. The molecule has 1 aromatic heterocycles. The first kappa shape index (κ1) is 15.0. The van der Waals surface area contributed by atoms with E-state index in [0.29, 0.717) is 12.5 Å². The zero-order chi connectivity index (χ0) is 14.4. The Bertz CT molecular complexity index is 425. The summed E-state index contributed by atoms with van der Waals surface area (Å²) in [6.07, 6.45) is 8.77. The number of aryl methyl sites for hydroxylation is 1. The van der Waals surface area contributed by atoms with E-state index in [4.69, 9.17) is 5.73 Å². The topological polar surface area (TPSA) is 85.8 Å². The lowest BCUT2D eigenvalue weighted by Crippen LogP contribution is -2.42. The fourth-order valence-corrected chi connectivity index (χ4v) is 2.87. The van der Waals surface area contributed by atoms with Crippen molar-refractivity contribution in [3.63, 3.8) is 0 Å². The van der Waals surface area contributed by atoms with Gasteiger partial charge in [-0.3, -0.25) is 4.79 Å². The van der Waals surface area contributed by atoms with Gasteiger partial charge in [-0.2, -0.15) is 0 Å². The molecule has 0 spiro atoms. The molecule has 1 unspecified atom stereocenters. The van der Waals surface area contributed by atoms with Crippen molar-refractivity contribution in [1.29, 1.82) is 0 Å². The number of nitrogens with two attached hydrogens (primary N) is 1. The van der Waals surface area contributed by atoms with Crippen molar-refractivity contribution in [3.8, 4) is 0 Å². The van der Waals surface area contributed by atoms with E-state index in [1.165, 1.54) is 32.1 Å². The average Bonchev–Trinajstić information content (AvgIpc) is 2.93. The van der Waals surface area contributed by atoms with Crippen molar-refractivity contribution in [2.75, 3.05) is 0 Å². The maximum absolute atomic E-state index is 12.0. The number of amides is 1. The van der Waals surface area contributed by atoms with Crippen molar-refractivity contribution in [2.24, 2.45) is 11.7 Å². The highest BCUT2D eigenvalue weighted by molar-refractivity contribution is 5.81. The van der Waals surface area contributed by atoms with Crippen LogP contribution in [0.25, 0.3) is 0 Å². The summed E-state index contributed by atoms with van der Waals surface area (Å²) in [6, 6.07) is -0.406. The normalized spacial score (nSPS) is 17.9. The first-order chi connectivity index (χ1) is 9.70. The largest absolute Gasteiger partial charge is 0.347 e. The summed E-state index contributed by atoms with van der Waals surface area (Å²) in [6.45, 7) is 3.21. The molecule has 1 heterocycles. The predicted molar refractivity (Wildman–Crippen MR) is 76.7 cm³/mol. The van der Waals surface area contributed by atoms with Gasteiger partial charge in [-0.1, -0.05) is 32.1 Å². The molecule has 0 saturated heterocycles. The Labute approximate surface area is 120 Å². The number of aromatic nitrogens is 3. The van der Waals surface area contributed by atoms with E-state index < -0.39 is 6.04 Å². The molecular formula is C14H25N5O. The molecule has 6 heteroatoms. The van der Waals surface area contributed by atoms with E-state index in [0.717, 1.165) is 18.8 Å². The van der Waals surface area contributed by atoms with Crippen molar-refractivity contribution < 1.29 is 4.79 Å². The van der Waals surface area contributed by atoms with Crippen molar-refractivity contribution >= 4 is 5.91 Å². The van der Waals surface area contributed by atoms with Gasteiger partial charge in [0, 0.05) is 6.54 Å². The average molecular weight is 279 g/mol. The number of carbonyl (C=O) groups is 1. The molecule has 1 aliphatic rings. The van der Waals surface area contributed by atoms with Gasteiger partial charge in [0.1, 0.15) is 6.33 Å². The number of hydrogen-bond donors (Lipinski definition) is 2. The SMILES string of the molecule is CCn1cnnc1CNC(=O)C(N)CC1CCCCC1. The van der Waals surface area contributed by atoms with E-state index in [9.17, 15) is 4.79 Å². The lowest BCUT2D eigenvalue weighted by atomic mass is 9.85. The quantitative estimate of drug-likeness (QED) is 0.819. The second kappa shape index (κ2) is 7.38. The van der Waals surface area contributed by atoms with Crippen LogP contribution in [-0.4, -0.2) is 26.7 Å². The molecule has 1 atom stereocenters. The van der Waals surface area contributed by atoms with Crippen LogP contribution < -0.4 is 11.1 Å². The summed E-state index contributed by atoms with van der Waals surface area (Å²) in [5.74, 6) is 1.30. The van der Waals surface area contributed by atoms with E-state index in [-0.39, 0.29) is 5.91 Å². The molecule has 2 rings (SSSR count). The van der Waals surface area contributed by atoms with Crippen LogP contribution in [-0.2, 0) is 17.9 Å². The van der Waals surface area contributed by atoms with E-state index >= 15 is 0 Å². The standard InChI is InChI=1S/C14H25N5O/c1-2-19-10-17-18-13(19)9-16-14(20)12(15)8-11-6-4-3-5-7-11/h10-12H,2-9,15H2,1H3,(H,16,20). The highest BCUT2D eigenvalue weighted by Crippen LogP contribution is 2.26. The van der Waals surface area contributed by atoms with Gasteiger partial charge in [0.25, 0.3) is 0 Å². The Morgan fingerprint density at radius 2 is 2.25 bits per heavy atom. The fourth-order valence-electron chi connectivity index (χ4n) is 2.87. The number of nitrogens with zero attached hydrogens (tertiary/aromatic N) is 3. The minimum absolute atomic E-state index is 0.0822. The van der Waals surface area contributed by atoms with Crippen LogP contribution in [0.2, 0.25) is 0 Å². The third kappa shape index (κ3) is 4.03. The van der Waals surface area contributed by atoms with Crippen molar-refractivity contribution in [1.82, 2.24) is 20.1 Å². The van der Waals surface area contributed by atoms with Gasteiger partial charge in [0.05, 0.1) is 12.6 Å². The minimum Gasteiger partial charge on any atom is -0.347 e. The molecule has 6 nitrogen and oxygen atoms in total. The maximum atomic E-state index is 12.0. The third-order valence-corrected chi connectivity index (χ3v) is 4.11. The maximum Gasteiger partial charge on any atom is 0.237 e. The molecule has 1 aliphatic carbocycles. The number of carbonyl (C=O) groups excluding carboxylic acids is 1. The van der Waals surface area contributed by atoms with E-state index in [1.807, 2.05) is 11.5 Å². The number of rotatable bonds is 6. The zero-order valence-corrected chi connectivity index (χ0v) is 12.2. The summed E-state index contributed by atoms with van der Waals surface area (Å²) >= 11 is 0. The summed E-state index contributed by atoms with van der Waals surface area (Å²) in [5, 5.41) is 10.7. The molecule has 1 fully saturated rings. The fraction of sp³-hybridized carbons (Fsp3) is 0.786. The van der Waals surface area contributed by atoms with Crippen LogP contribution in [0.1, 0.15) is 51.3 Å². The Hall–Kier alpha value is -1.43. The van der Waals surface area contributed by atoms with Gasteiger partial charge in [-0.25, -0.2) is 0 Å². The van der Waals surface area contributed by atoms with Crippen LogP contribution in [0.5, 0.6) is 0 Å². The smallest absolute Gasteiger partial charge is 0.237 e. The Morgan fingerprint density at radius 3 is 2.95 bits per heavy atom. The first-order valence-electron chi connectivity index (χ1n) is 7.60. The van der Waals surface area contributed by atoms with Crippen LogP contribution >= 0.6 is 0 Å². The molecule has 3 N–H and O–H groups in total. The molecule has 112 valence electrons. The highest BCUT2D eigenvalue weighted by atomic mass is 16.2. The molecule has 0 bridgehead atoms. The van der Waals surface area contributed by atoms with Crippen LogP contribution in [0, 0.1) is 5.92 Å². The second-order valence-corrected chi connectivity index (χ2v) is 5.60. The van der Waals surface area contributed by atoms with Crippen LogP contribution in [0.3, 0.4) is 0 Å². The highest BCUT2D eigenvalue weighted by Gasteiger charge is 2.21. The lowest BCUT2D eigenvalue weighted by molar-refractivity contribution is -0.123. The Balaban J connectivity index is 1.76. The summed E-state index contributed by atoms with van der Waals surface area (Å²) in [4.78, 5) is 12.0. The number of nitrogens with one attached hydrogen (secondary N) is 1. The molecule has 0 aliphatic heterocycles. The number of hydrogen-bond acceptors (Lipinski definition) is 4. The minimum atomic E-state index is -0.406. The van der Waals surface area contributed by atoms with E-state index in [1.54, 1.807) is 6.33 Å². The molecule has 1 amide bonds. The van der Waals surface area contributed by atoms with Gasteiger partial charge >= 0.3 is 0 Å². The molecular weight excluding hydrogens is 254 g/mol. The molecule has 0 aromatic carbocycles. The van der Waals surface area contributed by atoms with Crippen LogP contribution in [0.15, 0.2) is 6.33 Å². The third-order valence-electron chi connectivity index (χ3n) is 4.11. The van der Waals surface area contributed by atoms with Crippen molar-refractivity contribution in [2.45, 2.75) is 64.6 Å². The Morgan fingerprint density at radius 1 is 1.50 bits per heavy atom. The van der Waals surface area contributed by atoms with Crippen LogP contribution in [0.4, 0.5) is 0 Å². The van der Waals surface area contributed by atoms with Crippen molar-refractivity contribution in [3.05, 3.63) is 12.2 Å². The van der Waals surface area contributed by atoms with E-state index in [2.05, 4.69) is 15.5 Å². The molecule has 0 radical (unpaired) electrons. The molecule has 1 saturated carbocycles. The summed E-state index contributed by atoms with van der Waals surface area (Å²) < 4.78 is 1.91. The monoisotopic (exact) mass is 279 g/mol. The predicted octanol–water partition coefficient (Wildman–Crippen LogP) is 1.21. The van der Waals surface area contributed by atoms with Gasteiger partial charge in [0.2, 0.25) is 5.91 Å². The molecule has 20 heavy (non-hydrogen) atoms. The lowest BCUT2D eigenvalue weighted by Gasteiger charge is -2.24. The summed E-state index contributed by atoms with van der Waals surface area (Å²) in [5.41, 5.74) is 6.00. The Kier molecular flexibility index (Phi) is 5.52. The molecule has 1 aromatic rings. The van der Waals surface area contributed by atoms with Gasteiger partial charge in [-0.05, 0) is 19.3 Å². The zero-order valence-electron chi connectivity index (χ0n) is 12.2. The van der Waals surface area contributed by atoms with Gasteiger partial charge < -0.3 is 15.6 Å². The first-order valence-corrected chi connectivity index (χ1v) is 7.60. The van der Waals surface area contributed by atoms with Gasteiger partial charge in [-0.15, -0.1) is 10.2 Å². The summed E-state index contributed by atoms with van der Waals surface area (Å²) in [7, 11) is 0.